The van der Waals surface area contributed by atoms with Crippen molar-refractivity contribution in [3.05, 3.63) is 34.9 Å². The number of hydrogen-bond acceptors (Lipinski definition) is 1. The lowest BCUT2D eigenvalue weighted by Gasteiger charge is -1.97. The molecule has 3 heteroatoms. The Kier molecular flexibility index (Phi) is 4.73. The predicted molar refractivity (Wildman–Crippen MR) is 63.0 cm³/mol. The van der Waals surface area contributed by atoms with Crippen LogP contribution in [0.2, 0.25) is 0 Å². The summed E-state index contributed by atoms with van der Waals surface area (Å²) < 4.78 is 0. The van der Waals surface area contributed by atoms with E-state index in [9.17, 15) is 0 Å². The minimum absolute atomic E-state index is 0.370. The molecule has 0 amide bonds. The first kappa shape index (κ1) is 11.8. The zero-order valence-corrected chi connectivity index (χ0v) is 9.78. The van der Waals surface area contributed by atoms with Gasteiger partial charge >= 0.3 is 0 Å². The van der Waals surface area contributed by atoms with Crippen LogP contribution in [-0.2, 0) is 6.42 Å². The molecule has 0 aliphatic heterocycles. The zero-order valence-electron chi connectivity index (χ0n) is 8.26. The lowest BCUT2D eigenvalue weighted by Crippen LogP contribution is -1.93. The lowest BCUT2D eigenvalue weighted by atomic mass is 10.2. The Bertz CT molecular complexity index is 295. The van der Waals surface area contributed by atoms with Gasteiger partial charge in [-0.2, -0.15) is 0 Å². The number of fused-ring (bicyclic) bond motifs is 1. The Morgan fingerprint density at radius 3 is 2.43 bits per heavy atom. The molecule has 1 aromatic carbocycles. The fourth-order valence-electron chi connectivity index (χ4n) is 1.05. The highest BCUT2D eigenvalue weighted by molar-refractivity contribution is 6.44. The number of hydrogen-bond donors (Lipinski definition) is 1. The highest BCUT2D eigenvalue weighted by Gasteiger charge is 2.17. The first-order valence-corrected chi connectivity index (χ1v) is 5.66. The summed E-state index contributed by atoms with van der Waals surface area (Å²) in [6.07, 6.45) is 2.22. The number of halogens is 2. The van der Waals surface area contributed by atoms with Crippen LogP contribution in [0.3, 0.4) is 0 Å². The molecule has 1 nitrogen and oxygen atoms in total. The maximum absolute atomic E-state index is 5.66. The molecule has 78 valence electrons. The maximum Gasteiger partial charge on any atom is 0.132 e. The van der Waals surface area contributed by atoms with Crippen LogP contribution >= 0.6 is 23.2 Å². The SMILES string of the molecule is CCCN.ClC(Cl)c1ccc2c(c1)C2. The first-order valence-electron chi connectivity index (χ1n) is 4.79. The summed E-state index contributed by atoms with van der Waals surface area (Å²) in [5.41, 5.74) is 8.86. The quantitative estimate of drug-likeness (QED) is 0.789. The van der Waals surface area contributed by atoms with Crippen LogP contribution in [0.4, 0.5) is 0 Å². The predicted octanol–water partition coefficient (Wildman–Crippen LogP) is 3.42. The van der Waals surface area contributed by atoms with Gasteiger partial charge in [0.05, 0.1) is 0 Å². The van der Waals surface area contributed by atoms with Crippen molar-refractivity contribution in [2.75, 3.05) is 6.54 Å². The summed E-state index contributed by atoms with van der Waals surface area (Å²) in [7, 11) is 0. The number of nitrogens with two attached hydrogens (primary N) is 1. The van der Waals surface area contributed by atoms with Crippen molar-refractivity contribution in [3.8, 4) is 0 Å². The summed E-state index contributed by atoms with van der Waals surface area (Å²) in [5.74, 6) is 0. The van der Waals surface area contributed by atoms with E-state index < -0.39 is 0 Å². The minimum Gasteiger partial charge on any atom is -0.330 e. The van der Waals surface area contributed by atoms with Crippen molar-refractivity contribution in [2.45, 2.75) is 24.6 Å². The highest BCUT2D eigenvalue weighted by atomic mass is 35.5. The van der Waals surface area contributed by atoms with Gasteiger partial charge in [0.15, 0.2) is 0 Å². The second-order valence-electron chi connectivity index (χ2n) is 3.29. The third-order valence-electron chi connectivity index (χ3n) is 2.03. The molecular formula is C11H15Cl2N. The largest absolute Gasteiger partial charge is 0.330 e. The van der Waals surface area contributed by atoms with Crippen molar-refractivity contribution in [1.82, 2.24) is 0 Å². The van der Waals surface area contributed by atoms with Gasteiger partial charge in [-0.3, -0.25) is 0 Å². The van der Waals surface area contributed by atoms with Crippen LogP contribution in [0.15, 0.2) is 18.2 Å². The topological polar surface area (TPSA) is 26.0 Å². The standard InChI is InChI=1S/C8H6Cl2.C3H9N/c9-8(10)6-2-1-5-3-7(5)4-6;1-2-3-4/h1-2,4,8H,3H2;2-4H2,1H3. The zero-order chi connectivity index (χ0) is 10.6. The summed E-state index contributed by atoms with van der Waals surface area (Å²) in [6.45, 7) is 2.88. The monoisotopic (exact) mass is 231 g/mol. The maximum atomic E-state index is 5.66. The molecule has 2 N–H and O–H groups in total. The van der Waals surface area contributed by atoms with Crippen LogP contribution in [0, 0.1) is 0 Å². The second-order valence-corrected chi connectivity index (χ2v) is 4.39. The van der Waals surface area contributed by atoms with E-state index in [1.165, 1.54) is 11.1 Å². The van der Waals surface area contributed by atoms with Gasteiger partial charge in [-0.25, -0.2) is 0 Å². The number of alkyl halides is 2. The highest BCUT2D eigenvalue weighted by Crippen LogP contribution is 2.33. The van der Waals surface area contributed by atoms with E-state index in [2.05, 4.69) is 19.1 Å². The van der Waals surface area contributed by atoms with Crippen molar-refractivity contribution in [2.24, 2.45) is 5.73 Å². The summed E-state index contributed by atoms with van der Waals surface area (Å²) in [4.78, 5) is -0.370. The third kappa shape index (κ3) is 3.49. The lowest BCUT2D eigenvalue weighted by molar-refractivity contribution is 0.932. The molecule has 0 unspecified atom stereocenters. The molecular weight excluding hydrogens is 217 g/mol. The molecule has 0 saturated heterocycles. The molecule has 1 aromatic rings. The fraction of sp³-hybridized carbons (Fsp3) is 0.455. The molecule has 2 rings (SSSR count). The van der Waals surface area contributed by atoms with E-state index in [0.29, 0.717) is 0 Å². The molecule has 0 atom stereocenters. The summed E-state index contributed by atoms with van der Waals surface area (Å²) >= 11 is 11.3. The molecule has 1 aliphatic carbocycles. The molecule has 0 saturated carbocycles. The van der Waals surface area contributed by atoms with E-state index in [0.717, 1.165) is 24.9 Å². The van der Waals surface area contributed by atoms with E-state index in [4.69, 9.17) is 28.9 Å². The number of benzene rings is 1. The van der Waals surface area contributed by atoms with Gasteiger partial charge in [0.25, 0.3) is 0 Å². The number of rotatable bonds is 2. The van der Waals surface area contributed by atoms with Gasteiger partial charge in [-0.15, -0.1) is 23.2 Å². The second kappa shape index (κ2) is 5.59. The summed E-state index contributed by atoms with van der Waals surface area (Å²) in [5, 5.41) is 0. The molecule has 0 spiro atoms. The Balaban J connectivity index is 0.000000213. The smallest absolute Gasteiger partial charge is 0.132 e. The van der Waals surface area contributed by atoms with Crippen LogP contribution in [0.25, 0.3) is 0 Å². The normalized spacial score (nSPS) is 11.8. The summed E-state index contributed by atoms with van der Waals surface area (Å²) in [6, 6.07) is 6.14. The van der Waals surface area contributed by atoms with Gasteiger partial charge in [0.2, 0.25) is 0 Å². The van der Waals surface area contributed by atoms with E-state index >= 15 is 0 Å². The van der Waals surface area contributed by atoms with Gasteiger partial charge in [0.1, 0.15) is 4.84 Å². The van der Waals surface area contributed by atoms with E-state index in [1.54, 1.807) is 0 Å². The average Bonchev–Trinajstić information content (AvgIpc) is 2.95. The van der Waals surface area contributed by atoms with Gasteiger partial charge in [0, 0.05) is 0 Å². The van der Waals surface area contributed by atoms with Crippen molar-refractivity contribution in [3.63, 3.8) is 0 Å². The Hall–Kier alpha value is -0.240. The van der Waals surface area contributed by atoms with Crippen LogP contribution in [0.5, 0.6) is 0 Å². The molecule has 0 fully saturated rings. The average molecular weight is 232 g/mol. The Morgan fingerprint density at radius 2 is 2.00 bits per heavy atom. The molecule has 0 bridgehead atoms. The Morgan fingerprint density at radius 1 is 1.36 bits per heavy atom. The molecule has 0 radical (unpaired) electrons. The third-order valence-corrected chi connectivity index (χ3v) is 2.53. The first-order chi connectivity index (χ1) is 6.69. The van der Waals surface area contributed by atoms with Crippen LogP contribution in [0.1, 0.15) is 34.9 Å². The molecule has 14 heavy (non-hydrogen) atoms. The van der Waals surface area contributed by atoms with Crippen molar-refractivity contribution in [1.29, 1.82) is 0 Å². The molecule has 0 aromatic heterocycles. The van der Waals surface area contributed by atoms with Gasteiger partial charge in [-0.1, -0.05) is 25.1 Å². The molecule has 1 aliphatic rings. The van der Waals surface area contributed by atoms with Crippen LogP contribution < -0.4 is 5.73 Å². The minimum atomic E-state index is -0.370. The van der Waals surface area contributed by atoms with Gasteiger partial charge < -0.3 is 5.73 Å². The van der Waals surface area contributed by atoms with E-state index in [-0.39, 0.29) is 4.84 Å². The van der Waals surface area contributed by atoms with Crippen molar-refractivity contribution < 1.29 is 0 Å². The van der Waals surface area contributed by atoms with Crippen LogP contribution in [-0.4, -0.2) is 6.54 Å². The molecule has 0 heterocycles. The van der Waals surface area contributed by atoms with Gasteiger partial charge in [-0.05, 0) is 36.1 Å². The fourth-order valence-corrected chi connectivity index (χ4v) is 1.32. The van der Waals surface area contributed by atoms with Crippen molar-refractivity contribution >= 4 is 23.2 Å². The Labute approximate surface area is 95.2 Å². The van der Waals surface area contributed by atoms with E-state index in [1.807, 2.05) is 6.07 Å².